The molecule has 6 nitrogen and oxygen atoms in total. The van der Waals surface area contributed by atoms with Crippen LogP contribution in [0.2, 0.25) is 0 Å². The maximum Gasteiger partial charge on any atom is 0.322 e. The van der Waals surface area contributed by atoms with E-state index in [1.165, 1.54) is 11.3 Å². The molecule has 1 aromatic carbocycles. The number of rotatable bonds is 4. The molecule has 116 valence electrons. The van der Waals surface area contributed by atoms with Gasteiger partial charge < -0.3 is 19.7 Å². The number of amides is 2. The van der Waals surface area contributed by atoms with Crippen LogP contribution in [0.4, 0.5) is 10.5 Å². The lowest BCUT2D eigenvalue weighted by Gasteiger charge is -2.18. The van der Waals surface area contributed by atoms with Crippen LogP contribution in [0.3, 0.4) is 0 Å². The molecule has 0 aliphatic carbocycles. The third-order valence-corrected chi connectivity index (χ3v) is 4.12. The fourth-order valence-electron chi connectivity index (χ4n) is 2.36. The SMILES string of the molecule is COc1ccccc1NC(=O)N1CCC(Oc2nccs2)C1. The molecule has 2 amide bonds. The Labute approximate surface area is 132 Å². The van der Waals surface area contributed by atoms with E-state index in [1.807, 2.05) is 29.6 Å². The minimum atomic E-state index is -0.144. The van der Waals surface area contributed by atoms with Crippen molar-refractivity contribution in [3.05, 3.63) is 35.8 Å². The van der Waals surface area contributed by atoms with E-state index in [2.05, 4.69) is 10.3 Å². The molecular formula is C15H17N3O3S. The van der Waals surface area contributed by atoms with Gasteiger partial charge in [0.15, 0.2) is 0 Å². The Kier molecular flexibility index (Phi) is 4.43. The molecule has 22 heavy (non-hydrogen) atoms. The fourth-order valence-corrected chi connectivity index (χ4v) is 2.91. The number of methoxy groups -OCH3 is 1. The summed E-state index contributed by atoms with van der Waals surface area (Å²) >= 11 is 1.46. The highest BCUT2D eigenvalue weighted by Gasteiger charge is 2.28. The van der Waals surface area contributed by atoms with Crippen molar-refractivity contribution >= 4 is 23.1 Å². The van der Waals surface area contributed by atoms with Crippen molar-refractivity contribution in [3.63, 3.8) is 0 Å². The van der Waals surface area contributed by atoms with Gasteiger partial charge in [-0.3, -0.25) is 0 Å². The highest BCUT2D eigenvalue weighted by atomic mass is 32.1. The second-order valence-corrected chi connectivity index (χ2v) is 5.76. The third kappa shape index (κ3) is 3.30. The van der Waals surface area contributed by atoms with E-state index in [9.17, 15) is 4.79 Å². The van der Waals surface area contributed by atoms with Crippen LogP contribution < -0.4 is 14.8 Å². The quantitative estimate of drug-likeness (QED) is 0.941. The summed E-state index contributed by atoms with van der Waals surface area (Å²) in [6.07, 6.45) is 2.51. The van der Waals surface area contributed by atoms with Gasteiger partial charge in [0.25, 0.3) is 5.19 Å². The van der Waals surface area contributed by atoms with E-state index in [0.717, 1.165) is 6.42 Å². The maximum absolute atomic E-state index is 12.3. The Hall–Kier alpha value is -2.28. The van der Waals surface area contributed by atoms with Gasteiger partial charge in [-0.15, -0.1) is 0 Å². The molecular weight excluding hydrogens is 302 g/mol. The summed E-state index contributed by atoms with van der Waals surface area (Å²) in [5.41, 5.74) is 0.666. The number of nitrogens with zero attached hydrogens (tertiary/aromatic N) is 2. The summed E-state index contributed by atoms with van der Waals surface area (Å²) in [4.78, 5) is 18.2. The maximum atomic E-state index is 12.3. The molecule has 0 saturated carbocycles. The standard InChI is InChI=1S/C15H17N3O3S/c1-20-13-5-3-2-4-12(13)17-14(19)18-8-6-11(10-18)21-15-16-7-9-22-15/h2-5,7,9,11H,6,8,10H2,1H3,(H,17,19). The Morgan fingerprint density at radius 2 is 2.32 bits per heavy atom. The molecule has 1 unspecified atom stereocenters. The number of thiazole rings is 1. The van der Waals surface area contributed by atoms with Crippen molar-refractivity contribution in [1.82, 2.24) is 9.88 Å². The molecule has 1 atom stereocenters. The molecule has 2 heterocycles. The number of carbonyl (C=O) groups is 1. The minimum Gasteiger partial charge on any atom is -0.495 e. The van der Waals surface area contributed by atoms with Crippen LogP contribution in [0.25, 0.3) is 0 Å². The number of aromatic nitrogens is 1. The van der Waals surface area contributed by atoms with Crippen LogP contribution in [-0.2, 0) is 0 Å². The van der Waals surface area contributed by atoms with Gasteiger partial charge in [-0.25, -0.2) is 9.78 Å². The van der Waals surface area contributed by atoms with Crippen LogP contribution in [0, 0.1) is 0 Å². The number of urea groups is 1. The Morgan fingerprint density at radius 1 is 1.45 bits per heavy atom. The molecule has 1 saturated heterocycles. The molecule has 7 heteroatoms. The number of ether oxygens (including phenoxy) is 2. The molecule has 0 spiro atoms. The number of carbonyl (C=O) groups excluding carboxylic acids is 1. The zero-order chi connectivity index (χ0) is 15.4. The van der Waals surface area contributed by atoms with Crippen molar-refractivity contribution in [2.24, 2.45) is 0 Å². The van der Waals surface area contributed by atoms with Gasteiger partial charge in [0.05, 0.1) is 19.3 Å². The Balaban J connectivity index is 1.57. The van der Waals surface area contributed by atoms with Gasteiger partial charge in [-0.2, -0.15) is 0 Å². The van der Waals surface area contributed by atoms with E-state index in [1.54, 1.807) is 18.2 Å². The molecule has 1 aromatic heterocycles. The van der Waals surface area contributed by atoms with Crippen LogP contribution >= 0.6 is 11.3 Å². The minimum absolute atomic E-state index is 0.00503. The molecule has 0 radical (unpaired) electrons. The van der Waals surface area contributed by atoms with Gasteiger partial charge >= 0.3 is 6.03 Å². The molecule has 1 fully saturated rings. The fraction of sp³-hybridized carbons (Fsp3) is 0.333. The second kappa shape index (κ2) is 6.65. The van der Waals surface area contributed by atoms with E-state index >= 15 is 0 Å². The van der Waals surface area contributed by atoms with Crippen LogP contribution in [-0.4, -0.2) is 42.2 Å². The normalized spacial score (nSPS) is 17.3. The zero-order valence-corrected chi connectivity index (χ0v) is 13.0. The van der Waals surface area contributed by atoms with Crippen LogP contribution in [0.5, 0.6) is 10.9 Å². The first-order valence-electron chi connectivity index (χ1n) is 7.01. The van der Waals surface area contributed by atoms with Gasteiger partial charge in [0.1, 0.15) is 11.9 Å². The average Bonchev–Trinajstić information content (AvgIpc) is 3.20. The number of nitrogens with one attached hydrogen (secondary N) is 1. The predicted molar refractivity (Wildman–Crippen MR) is 84.7 cm³/mol. The molecule has 2 aromatic rings. The molecule has 1 aliphatic rings. The lowest BCUT2D eigenvalue weighted by atomic mass is 10.3. The molecule has 1 N–H and O–H groups in total. The van der Waals surface area contributed by atoms with E-state index in [-0.39, 0.29) is 12.1 Å². The number of para-hydroxylation sites is 2. The molecule has 3 rings (SSSR count). The van der Waals surface area contributed by atoms with Gasteiger partial charge in [0.2, 0.25) is 0 Å². The van der Waals surface area contributed by atoms with Gasteiger partial charge in [0, 0.05) is 24.5 Å². The van der Waals surface area contributed by atoms with Crippen molar-refractivity contribution in [2.75, 3.05) is 25.5 Å². The van der Waals surface area contributed by atoms with E-state index < -0.39 is 0 Å². The first-order chi connectivity index (χ1) is 10.8. The van der Waals surface area contributed by atoms with Crippen LogP contribution in [0.1, 0.15) is 6.42 Å². The lowest BCUT2D eigenvalue weighted by Crippen LogP contribution is -2.34. The number of hydrogen-bond acceptors (Lipinski definition) is 5. The van der Waals surface area contributed by atoms with Gasteiger partial charge in [-0.05, 0) is 12.1 Å². The summed E-state index contributed by atoms with van der Waals surface area (Å²) in [5, 5.41) is 5.40. The van der Waals surface area contributed by atoms with Gasteiger partial charge in [-0.1, -0.05) is 23.5 Å². The zero-order valence-electron chi connectivity index (χ0n) is 12.2. The average molecular weight is 319 g/mol. The number of anilines is 1. The first kappa shape index (κ1) is 14.6. The van der Waals surface area contributed by atoms with Crippen molar-refractivity contribution < 1.29 is 14.3 Å². The number of hydrogen-bond donors (Lipinski definition) is 1. The van der Waals surface area contributed by atoms with Crippen molar-refractivity contribution in [2.45, 2.75) is 12.5 Å². The largest absolute Gasteiger partial charge is 0.495 e. The summed E-state index contributed by atoms with van der Waals surface area (Å²) in [6, 6.07) is 7.21. The highest BCUT2D eigenvalue weighted by Crippen LogP contribution is 2.25. The van der Waals surface area contributed by atoms with E-state index in [4.69, 9.17) is 9.47 Å². The highest BCUT2D eigenvalue weighted by molar-refractivity contribution is 7.11. The predicted octanol–water partition coefficient (Wildman–Crippen LogP) is 2.84. The smallest absolute Gasteiger partial charge is 0.322 e. The van der Waals surface area contributed by atoms with Crippen molar-refractivity contribution in [3.8, 4) is 10.9 Å². The van der Waals surface area contributed by atoms with Crippen LogP contribution in [0.15, 0.2) is 35.8 Å². The summed E-state index contributed by atoms with van der Waals surface area (Å²) in [7, 11) is 1.58. The Bertz CT molecular complexity index is 633. The molecule has 0 bridgehead atoms. The second-order valence-electron chi connectivity index (χ2n) is 4.90. The summed E-state index contributed by atoms with van der Waals surface area (Å²) < 4.78 is 11.0. The Morgan fingerprint density at radius 3 is 3.09 bits per heavy atom. The first-order valence-corrected chi connectivity index (χ1v) is 7.89. The number of likely N-dealkylation sites (tertiary alicyclic amines) is 1. The third-order valence-electron chi connectivity index (χ3n) is 3.46. The monoisotopic (exact) mass is 319 g/mol. The lowest BCUT2D eigenvalue weighted by molar-refractivity contribution is 0.194. The van der Waals surface area contributed by atoms with Crippen molar-refractivity contribution in [1.29, 1.82) is 0 Å². The molecule has 1 aliphatic heterocycles. The number of benzene rings is 1. The summed E-state index contributed by atoms with van der Waals surface area (Å²) in [5.74, 6) is 0.644. The topological polar surface area (TPSA) is 63.7 Å². The summed E-state index contributed by atoms with van der Waals surface area (Å²) in [6.45, 7) is 1.22. The van der Waals surface area contributed by atoms with E-state index in [0.29, 0.717) is 29.7 Å².